The summed E-state index contributed by atoms with van der Waals surface area (Å²) in [7, 11) is 0. The molecular weight excluding hydrogens is 185 g/mol. The zero-order valence-electron chi connectivity index (χ0n) is 7.04. The highest BCUT2D eigenvalue weighted by atomic mass is 32.1. The number of rotatable bonds is 1. The van der Waals surface area contributed by atoms with Crippen molar-refractivity contribution < 1.29 is 4.39 Å². The Morgan fingerprint density at radius 1 is 1.46 bits per heavy atom. The fourth-order valence-corrected chi connectivity index (χ4v) is 1.57. The van der Waals surface area contributed by atoms with E-state index in [0.717, 1.165) is 11.3 Å². The lowest BCUT2D eigenvalue weighted by Gasteiger charge is -1.98. The first-order valence-corrected chi connectivity index (χ1v) is 4.73. The highest BCUT2D eigenvalue weighted by Gasteiger charge is 2.02. The molecule has 0 saturated heterocycles. The molecular formula is C10H7FNS. The van der Waals surface area contributed by atoms with Gasteiger partial charge in [0.1, 0.15) is 5.82 Å². The van der Waals surface area contributed by atoms with Gasteiger partial charge in [-0.3, -0.25) is 0 Å². The van der Waals surface area contributed by atoms with Gasteiger partial charge >= 0.3 is 0 Å². The summed E-state index contributed by atoms with van der Waals surface area (Å²) in [6.07, 6.45) is 0. The molecule has 0 amide bonds. The predicted molar refractivity (Wildman–Crippen MR) is 51.1 cm³/mol. The van der Waals surface area contributed by atoms with Gasteiger partial charge < -0.3 is 0 Å². The summed E-state index contributed by atoms with van der Waals surface area (Å²) in [5, 5.41) is 1.85. The van der Waals surface area contributed by atoms with Crippen molar-refractivity contribution in [2.45, 2.75) is 6.92 Å². The van der Waals surface area contributed by atoms with E-state index in [4.69, 9.17) is 0 Å². The summed E-state index contributed by atoms with van der Waals surface area (Å²) >= 11 is 1.39. The highest BCUT2D eigenvalue weighted by molar-refractivity contribution is 7.07. The van der Waals surface area contributed by atoms with Crippen molar-refractivity contribution in [2.75, 3.05) is 0 Å². The van der Waals surface area contributed by atoms with Crippen LogP contribution >= 0.6 is 11.3 Å². The quantitative estimate of drug-likeness (QED) is 0.676. The highest BCUT2D eigenvalue weighted by Crippen LogP contribution is 2.20. The lowest BCUT2D eigenvalue weighted by molar-refractivity contribution is 0.619. The van der Waals surface area contributed by atoms with E-state index < -0.39 is 0 Å². The summed E-state index contributed by atoms with van der Waals surface area (Å²) in [6, 6.07) is 5.11. The molecule has 13 heavy (non-hydrogen) atoms. The van der Waals surface area contributed by atoms with E-state index >= 15 is 0 Å². The molecule has 2 aromatic rings. The summed E-state index contributed by atoms with van der Waals surface area (Å²) in [5.41, 5.74) is 4.97. The topological polar surface area (TPSA) is 12.9 Å². The number of benzene rings is 1. The van der Waals surface area contributed by atoms with Gasteiger partial charge in [-0.15, -0.1) is 11.3 Å². The van der Waals surface area contributed by atoms with Crippen molar-refractivity contribution >= 4 is 11.3 Å². The first kappa shape index (κ1) is 8.38. The fraction of sp³-hybridized carbons (Fsp3) is 0.100. The first-order chi connectivity index (χ1) is 6.27. The molecule has 0 unspecified atom stereocenters. The van der Waals surface area contributed by atoms with Crippen molar-refractivity contribution in [3.05, 3.63) is 40.5 Å². The monoisotopic (exact) mass is 192 g/mol. The van der Waals surface area contributed by atoms with Gasteiger partial charge in [0.15, 0.2) is 5.51 Å². The lowest BCUT2D eigenvalue weighted by atomic mass is 10.1. The van der Waals surface area contributed by atoms with E-state index in [0.29, 0.717) is 5.56 Å². The van der Waals surface area contributed by atoms with Gasteiger partial charge in [-0.1, -0.05) is 12.1 Å². The smallest absolute Gasteiger partial charge is 0.152 e. The number of aryl methyl sites for hydroxylation is 1. The van der Waals surface area contributed by atoms with Crippen LogP contribution in [0.15, 0.2) is 23.6 Å². The zero-order chi connectivity index (χ0) is 9.26. The van der Waals surface area contributed by atoms with E-state index in [1.54, 1.807) is 13.0 Å². The minimum Gasteiger partial charge on any atom is -0.233 e. The van der Waals surface area contributed by atoms with Gasteiger partial charge in [0.25, 0.3) is 0 Å². The van der Waals surface area contributed by atoms with Gasteiger partial charge in [-0.25, -0.2) is 9.37 Å². The third kappa shape index (κ3) is 1.60. The van der Waals surface area contributed by atoms with Gasteiger partial charge in [0.05, 0.1) is 5.69 Å². The molecule has 0 bridgehead atoms. The van der Waals surface area contributed by atoms with Crippen molar-refractivity contribution in [2.24, 2.45) is 0 Å². The molecule has 1 aromatic carbocycles. The Hall–Kier alpha value is -1.22. The summed E-state index contributed by atoms with van der Waals surface area (Å²) < 4.78 is 13.1. The molecule has 65 valence electrons. The van der Waals surface area contributed by atoms with E-state index in [1.165, 1.54) is 17.4 Å². The maximum atomic E-state index is 13.1. The van der Waals surface area contributed by atoms with E-state index in [9.17, 15) is 4.39 Å². The number of thiazole rings is 1. The van der Waals surface area contributed by atoms with Crippen LogP contribution in [0.5, 0.6) is 0 Å². The van der Waals surface area contributed by atoms with Crippen LogP contribution in [0.3, 0.4) is 0 Å². The summed E-state index contributed by atoms with van der Waals surface area (Å²) in [4.78, 5) is 3.98. The van der Waals surface area contributed by atoms with Crippen molar-refractivity contribution in [1.82, 2.24) is 4.98 Å². The maximum Gasteiger partial charge on any atom is 0.152 e. The summed E-state index contributed by atoms with van der Waals surface area (Å²) in [6.45, 7) is 1.74. The zero-order valence-corrected chi connectivity index (χ0v) is 7.86. The van der Waals surface area contributed by atoms with Gasteiger partial charge in [-0.05, 0) is 18.6 Å². The molecule has 1 nitrogen and oxygen atoms in total. The molecule has 1 radical (unpaired) electrons. The predicted octanol–water partition coefficient (Wildman–Crippen LogP) is 3.06. The third-order valence-electron chi connectivity index (χ3n) is 1.86. The molecule has 0 saturated carbocycles. The normalized spacial score (nSPS) is 10.3. The number of hydrogen-bond acceptors (Lipinski definition) is 2. The second kappa shape index (κ2) is 3.26. The van der Waals surface area contributed by atoms with Crippen molar-refractivity contribution in [1.29, 1.82) is 0 Å². The van der Waals surface area contributed by atoms with E-state index in [-0.39, 0.29) is 5.82 Å². The maximum absolute atomic E-state index is 13.1. The molecule has 2 rings (SSSR count). The summed E-state index contributed by atoms with van der Waals surface area (Å²) in [5.74, 6) is -0.189. The second-order valence-corrected chi connectivity index (χ2v) is 3.44. The Morgan fingerprint density at radius 2 is 2.31 bits per heavy atom. The fourth-order valence-electron chi connectivity index (χ4n) is 1.07. The Kier molecular flexibility index (Phi) is 2.10. The Balaban J connectivity index is 2.49. The van der Waals surface area contributed by atoms with Crippen LogP contribution in [0.1, 0.15) is 5.56 Å². The Labute approximate surface area is 79.9 Å². The molecule has 0 fully saturated rings. The van der Waals surface area contributed by atoms with E-state index in [1.807, 2.05) is 11.4 Å². The van der Waals surface area contributed by atoms with Crippen LogP contribution < -0.4 is 0 Å². The molecule has 0 aliphatic rings. The third-order valence-corrected chi connectivity index (χ3v) is 2.39. The number of halogens is 1. The Morgan fingerprint density at radius 3 is 2.92 bits per heavy atom. The second-order valence-electron chi connectivity index (χ2n) is 2.79. The number of nitrogens with zero attached hydrogens (tertiary/aromatic N) is 1. The molecule has 1 aromatic heterocycles. The Bertz CT molecular complexity index is 409. The number of hydrogen-bond donors (Lipinski definition) is 0. The van der Waals surface area contributed by atoms with E-state index in [2.05, 4.69) is 10.5 Å². The van der Waals surface area contributed by atoms with Crippen LogP contribution in [0, 0.1) is 18.3 Å². The molecule has 0 aliphatic heterocycles. The first-order valence-electron chi connectivity index (χ1n) is 3.85. The minimum atomic E-state index is -0.189. The average Bonchev–Trinajstić information content (AvgIpc) is 2.62. The van der Waals surface area contributed by atoms with Crippen LogP contribution in [0.2, 0.25) is 0 Å². The lowest BCUT2D eigenvalue weighted by Crippen LogP contribution is -1.83. The SMILES string of the molecule is Cc1ccc(-c2cs[c]n2)cc1F. The largest absolute Gasteiger partial charge is 0.233 e. The molecule has 0 atom stereocenters. The van der Waals surface area contributed by atoms with Crippen molar-refractivity contribution in [3.63, 3.8) is 0 Å². The van der Waals surface area contributed by atoms with Gasteiger partial charge in [0, 0.05) is 10.9 Å². The molecule has 0 spiro atoms. The van der Waals surface area contributed by atoms with Gasteiger partial charge in [0.2, 0.25) is 0 Å². The minimum absolute atomic E-state index is 0.189. The molecule has 0 aliphatic carbocycles. The molecule has 1 heterocycles. The molecule has 3 heteroatoms. The van der Waals surface area contributed by atoms with Crippen LogP contribution in [-0.2, 0) is 0 Å². The standard InChI is InChI=1S/C10H7FNS/c1-7-2-3-8(4-9(7)11)10-5-13-6-12-10/h2-5H,1H3. The van der Waals surface area contributed by atoms with Crippen LogP contribution in [0.4, 0.5) is 4.39 Å². The number of aromatic nitrogens is 1. The van der Waals surface area contributed by atoms with Crippen LogP contribution in [0.25, 0.3) is 11.3 Å². The van der Waals surface area contributed by atoms with Crippen molar-refractivity contribution in [3.8, 4) is 11.3 Å². The van der Waals surface area contributed by atoms with Crippen LogP contribution in [-0.4, -0.2) is 4.98 Å². The van der Waals surface area contributed by atoms with Gasteiger partial charge in [-0.2, -0.15) is 0 Å². The molecule has 0 N–H and O–H groups in total. The average molecular weight is 192 g/mol.